The highest BCUT2D eigenvalue weighted by Crippen LogP contribution is 2.39. The molecular formula is C13H16N2O. The number of fused-ring (bicyclic) bond motifs is 1. The first kappa shape index (κ1) is 9.85. The maximum atomic E-state index is 5.82. The zero-order valence-electron chi connectivity index (χ0n) is 9.23. The van der Waals surface area contributed by atoms with E-state index in [-0.39, 0.29) is 0 Å². The first-order chi connectivity index (χ1) is 7.88. The Morgan fingerprint density at radius 2 is 2.19 bits per heavy atom. The number of nitrogens with two attached hydrogens (primary N) is 1. The van der Waals surface area contributed by atoms with Crippen LogP contribution in [0, 0.1) is 5.92 Å². The molecular weight excluding hydrogens is 200 g/mol. The third-order valence-electron chi connectivity index (χ3n) is 3.59. The van der Waals surface area contributed by atoms with E-state index in [0.717, 1.165) is 30.0 Å². The van der Waals surface area contributed by atoms with E-state index in [1.807, 2.05) is 24.3 Å². The van der Waals surface area contributed by atoms with Crippen LogP contribution in [0.2, 0.25) is 0 Å². The summed E-state index contributed by atoms with van der Waals surface area (Å²) in [5.41, 5.74) is 7.63. The van der Waals surface area contributed by atoms with Crippen LogP contribution in [0.1, 0.15) is 31.1 Å². The van der Waals surface area contributed by atoms with Crippen LogP contribution in [-0.4, -0.2) is 11.5 Å². The number of benzene rings is 1. The molecule has 2 atom stereocenters. The van der Waals surface area contributed by atoms with Gasteiger partial charge in [-0.2, -0.15) is 0 Å². The highest BCUT2D eigenvalue weighted by molar-refractivity contribution is 5.72. The van der Waals surface area contributed by atoms with Gasteiger partial charge in [0.2, 0.25) is 0 Å². The van der Waals surface area contributed by atoms with Crippen molar-refractivity contribution < 1.29 is 4.42 Å². The Bertz CT molecular complexity index is 458. The fraction of sp³-hybridized carbons (Fsp3) is 0.462. The Hall–Kier alpha value is -1.35. The minimum Gasteiger partial charge on any atom is -0.440 e. The van der Waals surface area contributed by atoms with E-state index in [0.29, 0.717) is 11.8 Å². The Morgan fingerprint density at radius 3 is 3.00 bits per heavy atom. The van der Waals surface area contributed by atoms with Gasteiger partial charge >= 0.3 is 0 Å². The zero-order valence-corrected chi connectivity index (χ0v) is 9.23. The summed E-state index contributed by atoms with van der Waals surface area (Å²) in [7, 11) is 0. The summed E-state index contributed by atoms with van der Waals surface area (Å²) in [5, 5.41) is 0. The van der Waals surface area contributed by atoms with Crippen LogP contribution in [0.5, 0.6) is 0 Å². The molecule has 0 aliphatic heterocycles. The second kappa shape index (κ2) is 3.91. The van der Waals surface area contributed by atoms with E-state index in [1.54, 1.807) is 0 Å². The average Bonchev–Trinajstić information content (AvgIpc) is 2.94. The Balaban J connectivity index is 1.99. The van der Waals surface area contributed by atoms with Gasteiger partial charge in [0.25, 0.3) is 0 Å². The van der Waals surface area contributed by atoms with Gasteiger partial charge in [-0.3, -0.25) is 0 Å². The first-order valence-electron chi connectivity index (χ1n) is 5.94. The van der Waals surface area contributed by atoms with Crippen LogP contribution in [0.3, 0.4) is 0 Å². The minimum absolute atomic E-state index is 0.428. The largest absolute Gasteiger partial charge is 0.440 e. The molecule has 16 heavy (non-hydrogen) atoms. The van der Waals surface area contributed by atoms with Crippen molar-refractivity contribution in [3.63, 3.8) is 0 Å². The molecule has 3 heteroatoms. The summed E-state index contributed by atoms with van der Waals surface area (Å²) in [4.78, 5) is 4.57. The molecule has 2 aromatic rings. The molecule has 1 saturated carbocycles. The molecule has 2 unspecified atom stereocenters. The van der Waals surface area contributed by atoms with Crippen molar-refractivity contribution in [2.45, 2.75) is 25.2 Å². The summed E-state index contributed by atoms with van der Waals surface area (Å²) < 4.78 is 5.82. The van der Waals surface area contributed by atoms with Crippen LogP contribution < -0.4 is 5.73 Å². The van der Waals surface area contributed by atoms with Gasteiger partial charge in [0.15, 0.2) is 11.5 Å². The van der Waals surface area contributed by atoms with Crippen molar-refractivity contribution in [3.8, 4) is 0 Å². The monoisotopic (exact) mass is 216 g/mol. The third-order valence-corrected chi connectivity index (χ3v) is 3.59. The topological polar surface area (TPSA) is 52.0 Å². The molecule has 2 N–H and O–H groups in total. The second-order valence-electron chi connectivity index (χ2n) is 4.55. The van der Waals surface area contributed by atoms with E-state index >= 15 is 0 Å². The molecule has 0 bridgehead atoms. The second-order valence-corrected chi connectivity index (χ2v) is 4.55. The lowest BCUT2D eigenvalue weighted by molar-refractivity contribution is 0.401. The van der Waals surface area contributed by atoms with Crippen LogP contribution in [0.25, 0.3) is 11.1 Å². The van der Waals surface area contributed by atoms with Gasteiger partial charge in [-0.05, 0) is 37.4 Å². The molecule has 1 fully saturated rings. The van der Waals surface area contributed by atoms with E-state index in [9.17, 15) is 0 Å². The number of para-hydroxylation sites is 2. The summed E-state index contributed by atoms with van der Waals surface area (Å²) in [6.45, 7) is 0.739. The van der Waals surface area contributed by atoms with Crippen molar-refractivity contribution in [3.05, 3.63) is 30.2 Å². The third kappa shape index (κ3) is 1.52. The van der Waals surface area contributed by atoms with Gasteiger partial charge in [-0.15, -0.1) is 0 Å². The van der Waals surface area contributed by atoms with Crippen molar-refractivity contribution in [2.24, 2.45) is 11.7 Å². The van der Waals surface area contributed by atoms with Crippen LogP contribution in [-0.2, 0) is 0 Å². The summed E-state index contributed by atoms with van der Waals surface area (Å²) in [6, 6.07) is 7.93. The van der Waals surface area contributed by atoms with Gasteiger partial charge in [-0.25, -0.2) is 4.98 Å². The molecule has 1 aliphatic rings. The smallest absolute Gasteiger partial charge is 0.198 e. The molecule has 0 saturated heterocycles. The summed E-state index contributed by atoms with van der Waals surface area (Å²) in [6.07, 6.45) is 3.61. The predicted octanol–water partition coefficient (Wildman–Crippen LogP) is 2.67. The quantitative estimate of drug-likeness (QED) is 0.839. The summed E-state index contributed by atoms with van der Waals surface area (Å²) >= 11 is 0. The molecule has 3 rings (SSSR count). The number of hydrogen-bond acceptors (Lipinski definition) is 3. The van der Waals surface area contributed by atoms with Gasteiger partial charge < -0.3 is 10.2 Å². The lowest BCUT2D eigenvalue weighted by Gasteiger charge is -2.13. The number of aromatic nitrogens is 1. The zero-order chi connectivity index (χ0) is 11.0. The fourth-order valence-corrected chi connectivity index (χ4v) is 2.69. The Labute approximate surface area is 94.7 Å². The van der Waals surface area contributed by atoms with Gasteiger partial charge in [0.05, 0.1) is 0 Å². The normalized spacial score (nSPS) is 25.3. The molecule has 1 aliphatic carbocycles. The van der Waals surface area contributed by atoms with Gasteiger partial charge in [0, 0.05) is 5.92 Å². The molecule has 0 amide bonds. The Morgan fingerprint density at radius 1 is 1.31 bits per heavy atom. The van der Waals surface area contributed by atoms with Crippen molar-refractivity contribution >= 4 is 11.1 Å². The molecule has 1 aromatic carbocycles. The van der Waals surface area contributed by atoms with E-state index in [2.05, 4.69) is 4.98 Å². The van der Waals surface area contributed by atoms with E-state index in [4.69, 9.17) is 10.2 Å². The van der Waals surface area contributed by atoms with E-state index < -0.39 is 0 Å². The maximum absolute atomic E-state index is 5.82. The van der Waals surface area contributed by atoms with Crippen molar-refractivity contribution in [1.29, 1.82) is 0 Å². The molecule has 3 nitrogen and oxygen atoms in total. The highest BCUT2D eigenvalue weighted by Gasteiger charge is 2.31. The molecule has 0 spiro atoms. The molecule has 1 aromatic heterocycles. The number of rotatable bonds is 2. The highest BCUT2D eigenvalue weighted by atomic mass is 16.3. The van der Waals surface area contributed by atoms with Crippen molar-refractivity contribution in [2.75, 3.05) is 6.54 Å². The minimum atomic E-state index is 0.428. The number of oxazole rings is 1. The van der Waals surface area contributed by atoms with Crippen LogP contribution >= 0.6 is 0 Å². The van der Waals surface area contributed by atoms with Crippen LogP contribution in [0.15, 0.2) is 28.7 Å². The SMILES string of the molecule is NCC1CCCC1c1nc2ccccc2o1. The molecule has 1 heterocycles. The van der Waals surface area contributed by atoms with Crippen LogP contribution in [0.4, 0.5) is 0 Å². The standard InChI is InChI=1S/C13H16N2O/c14-8-9-4-3-5-10(9)13-15-11-6-1-2-7-12(11)16-13/h1-2,6-7,9-10H,3-5,8,14H2. The van der Waals surface area contributed by atoms with Gasteiger partial charge in [-0.1, -0.05) is 18.6 Å². The van der Waals surface area contributed by atoms with Crippen molar-refractivity contribution in [1.82, 2.24) is 4.98 Å². The first-order valence-corrected chi connectivity index (χ1v) is 5.94. The van der Waals surface area contributed by atoms with E-state index in [1.165, 1.54) is 12.8 Å². The molecule has 0 radical (unpaired) electrons. The lowest BCUT2D eigenvalue weighted by Crippen LogP contribution is -2.17. The predicted molar refractivity (Wildman–Crippen MR) is 63.1 cm³/mol. The summed E-state index contributed by atoms with van der Waals surface area (Å²) in [5.74, 6) is 1.86. The van der Waals surface area contributed by atoms with Gasteiger partial charge in [0.1, 0.15) is 5.52 Å². The fourth-order valence-electron chi connectivity index (χ4n) is 2.69. The average molecular weight is 216 g/mol. The molecule has 84 valence electrons. The number of hydrogen-bond donors (Lipinski definition) is 1. The Kier molecular flexibility index (Phi) is 2.40. The maximum Gasteiger partial charge on any atom is 0.198 e. The lowest BCUT2D eigenvalue weighted by atomic mass is 9.96. The number of nitrogens with zero attached hydrogens (tertiary/aromatic N) is 1.